The number of ether oxygens (including phenoxy) is 1. The lowest BCUT2D eigenvalue weighted by molar-refractivity contribution is -0.131. The predicted molar refractivity (Wildman–Crippen MR) is 43.9 cm³/mol. The molecule has 68 valence electrons. The van der Waals surface area contributed by atoms with Crippen LogP contribution in [0.25, 0.3) is 0 Å². The van der Waals surface area contributed by atoms with E-state index in [2.05, 4.69) is 0 Å². The molecule has 1 rings (SSSR count). The predicted octanol–water partition coefficient (Wildman–Crippen LogP) is 1.10. The van der Waals surface area contributed by atoms with Gasteiger partial charge in [-0.3, -0.25) is 4.79 Å². The summed E-state index contributed by atoms with van der Waals surface area (Å²) in [6.45, 7) is 3.81. The van der Waals surface area contributed by atoms with Crippen LogP contribution in [0.2, 0.25) is 0 Å². The van der Waals surface area contributed by atoms with Crippen molar-refractivity contribution in [2.24, 2.45) is 0 Å². The molecule has 1 unspecified atom stereocenters. The summed E-state index contributed by atoms with van der Waals surface area (Å²) in [5.74, 6) is 0.239. The highest BCUT2D eigenvalue weighted by atomic mass is 16.5. The number of carbonyl (C=O) groups is 2. The molecule has 0 spiro atoms. The average Bonchev–Trinajstić information content (AvgIpc) is 2.30. The van der Waals surface area contributed by atoms with Crippen LogP contribution >= 0.6 is 0 Å². The van der Waals surface area contributed by atoms with Crippen LogP contribution in [0.5, 0.6) is 0 Å². The number of rotatable bonds is 3. The van der Waals surface area contributed by atoms with Crippen molar-refractivity contribution in [1.82, 2.24) is 0 Å². The first-order chi connectivity index (χ1) is 5.54. The Morgan fingerprint density at radius 2 is 2.33 bits per heavy atom. The first-order valence-electron chi connectivity index (χ1n) is 4.21. The molecule has 1 saturated heterocycles. The molecule has 0 aromatic carbocycles. The van der Waals surface area contributed by atoms with Gasteiger partial charge in [0.15, 0.2) is 5.78 Å². The fourth-order valence-electron chi connectivity index (χ4n) is 1.34. The molecule has 0 N–H and O–H groups in total. The second kappa shape index (κ2) is 3.35. The quantitative estimate of drug-likeness (QED) is 0.637. The summed E-state index contributed by atoms with van der Waals surface area (Å²) in [5.41, 5.74) is -0.675. The summed E-state index contributed by atoms with van der Waals surface area (Å²) in [7, 11) is 0. The topological polar surface area (TPSA) is 43.4 Å². The van der Waals surface area contributed by atoms with Gasteiger partial charge in [0, 0.05) is 12.8 Å². The molecule has 1 aliphatic heterocycles. The van der Waals surface area contributed by atoms with E-state index in [-0.39, 0.29) is 11.6 Å². The zero-order chi connectivity index (χ0) is 9.19. The highest BCUT2D eigenvalue weighted by Crippen LogP contribution is 2.26. The Hall–Kier alpha value is -0.700. The minimum atomic E-state index is -0.675. The smallest absolute Gasteiger partial charge is 0.166 e. The van der Waals surface area contributed by atoms with E-state index in [0.717, 1.165) is 0 Å². The fourth-order valence-corrected chi connectivity index (χ4v) is 1.34. The molecule has 1 fully saturated rings. The summed E-state index contributed by atoms with van der Waals surface area (Å²) in [5, 5.41) is 0. The van der Waals surface area contributed by atoms with Gasteiger partial charge >= 0.3 is 0 Å². The van der Waals surface area contributed by atoms with Gasteiger partial charge in [0.25, 0.3) is 0 Å². The van der Waals surface area contributed by atoms with Crippen LogP contribution in [0.3, 0.4) is 0 Å². The van der Waals surface area contributed by atoms with Crippen molar-refractivity contribution in [3.05, 3.63) is 0 Å². The first kappa shape index (κ1) is 9.39. The van der Waals surface area contributed by atoms with E-state index in [1.54, 1.807) is 6.92 Å². The number of hydrogen-bond acceptors (Lipinski definition) is 3. The van der Waals surface area contributed by atoms with Crippen molar-refractivity contribution in [3.63, 3.8) is 0 Å². The minimum Gasteiger partial charge on any atom is -0.367 e. The van der Waals surface area contributed by atoms with Gasteiger partial charge < -0.3 is 9.53 Å². The lowest BCUT2D eigenvalue weighted by Gasteiger charge is -2.20. The first-order valence-corrected chi connectivity index (χ1v) is 4.21. The van der Waals surface area contributed by atoms with Gasteiger partial charge in [-0.15, -0.1) is 0 Å². The molecule has 3 nitrogen and oxygen atoms in total. The van der Waals surface area contributed by atoms with Crippen LogP contribution in [0.15, 0.2) is 0 Å². The molecule has 0 aromatic heterocycles. The molecule has 0 radical (unpaired) electrons. The van der Waals surface area contributed by atoms with Crippen LogP contribution in [0, 0.1) is 0 Å². The SMILES string of the molecule is CC(=O)CCC1(C)OCCC1=O. The maximum atomic E-state index is 11.3. The van der Waals surface area contributed by atoms with Crippen molar-refractivity contribution < 1.29 is 14.3 Å². The summed E-state index contributed by atoms with van der Waals surface area (Å²) in [6.07, 6.45) is 1.46. The Morgan fingerprint density at radius 1 is 1.67 bits per heavy atom. The number of ketones is 2. The Kier molecular flexibility index (Phi) is 2.62. The largest absolute Gasteiger partial charge is 0.367 e. The molecular formula is C9H14O3. The molecule has 1 aliphatic rings. The van der Waals surface area contributed by atoms with Gasteiger partial charge in [-0.25, -0.2) is 0 Å². The van der Waals surface area contributed by atoms with Gasteiger partial charge in [-0.2, -0.15) is 0 Å². The van der Waals surface area contributed by atoms with Crippen molar-refractivity contribution in [2.45, 2.75) is 38.7 Å². The minimum absolute atomic E-state index is 0.111. The van der Waals surface area contributed by atoms with Crippen LogP contribution in [-0.4, -0.2) is 23.8 Å². The third-order valence-electron chi connectivity index (χ3n) is 2.29. The molecule has 0 amide bonds. The van der Waals surface area contributed by atoms with E-state index >= 15 is 0 Å². The monoisotopic (exact) mass is 170 g/mol. The maximum Gasteiger partial charge on any atom is 0.166 e. The van der Waals surface area contributed by atoms with Crippen molar-refractivity contribution in [1.29, 1.82) is 0 Å². The number of carbonyl (C=O) groups excluding carboxylic acids is 2. The van der Waals surface area contributed by atoms with E-state index in [1.165, 1.54) is 6.92 Å². The van der Waals surface area contributed by atoms with Gasteiger partial charge in [0.1, 0.15) is 11.4 Å². The summed E-state index contributed by atoms with van der Waals surface area (Å²) in [4.78, 5) is 22.0. The normalized spacial score (nSPS) is 29.3. The third kappa shape index (κ3) is 1.91. The summed E-state index contributed by atoms with van der Waals surface area (Å²) < 4.78 is 5.30. The fraction of sp³-hybridized carbons (Fsp3) is 0.778. The molecule has 0 bridgehead atoms. The zero-order valence-corrected chi connectivity index (χ0v) is 7.55. The molecule has 12 heavy (non-hydrogen) atoms. The van der Waals surface area contributed by atoms with E-state index in [9.17, 15) is 9.59 Å². The van der Waals surface area contributed by atoms with Crippen LogP contribution in [0.4, 0.5) is 0 Å². The number of hydrogen-bond donors (Lipinski definition) is 0. The van der Waals surface area contributed by atoms with E-state index in [0.29, 0.717) is 25.9 Å². The third-order valence-corrected chi connectivity index (χ3v) is 2.29. The van der Waals surface area contributed by atoms with Crippen molar-refractivity contribution in [3.8, 4) is 0 Å². The second-order valence-electron chi connectivity index (χ2n) is 3.45. The maximum absolute atomic E-state index is 11.3. The highest BCUT2D eigenvalue weighted by Gasteiger charge is 2.38. The van der Waals surface area contributed by atoms with Crippen LogP contribution in [0.1, 0.15) is 33.1 Å². The second-order valence-corrected chi connectivity index (χ2v) is 3.45. The van der Waals surface area contributed by atoms with Crippen molar-refractivity contribution in [2.75, 3.05) is 6.61 Å². The standard InChI is InChI=1S/C9H14O3/c1-7(10)3-5-9(2)8(11)4-6-12-9/h3-6H2,1-2H3. The lowest BCUT2D eigenvalue weighted by Crippen LogP contribution is -2.32. The summed E-state index contributed by atoms with van der Waals surface area (Å²) in [6, 6.07) is 0. The Morgan fingerprint density at radius 3 is 2.75 bits per heavy atom. The molecule has 0 aromatic rings. The number of Topliss-reactive ketones (excluding diaryl/α,β-unsaturated/α-hetero) is 2. The zero-order valence-electron chi connectivity index (χ0n) is 7.55. The Balaban J connectivity index is 2.48. The molecule has 0 aliphatic carbocycles. The molecule has 0 saturated carbocycles. The van der Waals surface area contributed by atoms with Crippen LogP contribution in [-0.2, 0) is 14.3 Å². The van der Waals surface area contributed by atoms with Gasteiger partial charge in [-0.05, 0) is 20.3 Å². The molecule has 1 atom stereocenters. The Labute approximate surface area is 72.1 Å². The van der Waals surface area contributed by atoms with E-state index < -0.39 is 5.60 Å². The molecule has 1 heterocycles. The van der Waals surface area contributed by atoms with Gasteiger partial charge in [0.05, 0.1) is 6.61 Å². The lowest BCUT2D eigenvalue weighted by atomic mass is 9.94. The van der Waals surface area contributed by atoms with Crippen molar-refractivity contribution >= 4 is 11.6 Å². The van der Waals surface area contributed by atoms with Gasteiger partial charge in [0.2, 0.25) is 0 Å². The van der Waals surface area contributed by atoms with E-state index in [1.807, 2.05) is 0 Å². The van der Waals surface area contributed by atoms with Crippen LogP contribution < -0.4 is 0 Å². The molecular weight excluding hydrogens is 156 g/mol. The summed E-state index contributed by atoms with van der Waals surface area (Å²) >= 11 is 0. The molecule has 3 heteroatoms. The Bertz CT molecular complexity index is 210. The van der Waals surface area contributed by atoms with E-state index in [4.69, 9.17) is 4.74 Å². The highest BCUT2D eigenvalue weighted by molar-refractivity contribution is 5.89. The average molecular weight is 170 g/mol. The van der Waals surface area contributed by atoms with Gasteiger partial charge in [-0.1, -0.05) is 0 Å².